The average Bonchev–Trinajstić information content (AvgIpc) is 3.24. The van der Waals surface area contributed by atoms with E-state index in [1.165, 1.54) is 4.90 Å². The van der Waals surface area contributed by atoms with E-state index in [-0.39, 0.29) is 11.1 Å². The normalized spacial score (nSPS) is 15.2. The predicted octanol–water partition coefficient (Wildman–Crippen LogP) is 7.55. The maximum Gasteiger partial charge on any atom is 0.298 e. The van der Waals surface area contributed by atoms with E-state index >= 15 is 0 Å². The van der Waals surface area contributed by atoms with Crippen LogP contribution in [0.2, 0.25) is 10.0 Å². The molecule has 0 radical (unpaired) electrons. The highest BCUT2D eigenvalue weighted by Gasteiger charge is 2.36. The molecule has 0 atom stereocenters. The molecule has 1 saturated heterocycles. The lowest BCUT2D eigenvalue weighted by atomic mass is 10.1. The Morgan fingerprint density at radius 2 is 1.52 bits per heavy atom. The minimum absolute atomic E-state index is 0.323. The molecule has 0 spiro atoms. The standard InChI is InChI=1S/C26H18Cl2N2O2S/c1-16-22(14-24-25(31)30(26(32)33-24)20-12-10-19(28)11-13-20)21-4-2-3-5-23(21)29(16)15-17-6-8-18(27)9-7-17/h2-14H,15H2,1H3/b24-14+. The Morgan fingerprint density at radius 1 is 0.879 bits per heavy atom. The molecule has 33 heavy (non-hydrogen) atoms. The molecule has 7 heteroatoms. The summed E-state index contributed by atoms with van der Waals surface area (Å²) in [7, 11) is 0. The van der Waals surface area contributed by atoms with Gasteiger partial charge in [0.05, 0.1) is 10.6 Å². The Kier molecular flexibility index (Phi) is 5.79. The number of nitrogens with zero attached hydrogens (tertiary/aromatic N) is 2. The number of thioether (sulfide) groups is 1. The molecule has 164 valence electrons. The minimum atomic E-state index is -0.332. The molecule has 2 amide bonds. The second kappa shape index (κ2) is 8.75. The Labute approximate surface area is 205 Å². The summed E-state index contributed by atoms with van der Waals surface area (Å²) in [6.07, 6.45) is 1.83. The first-order valence-corrected chi connectivity index (χ1v) is 11.9. The smallest absolute Gasteiger partial charge is 0.298 e. The van der Waals surface area contributed by atoms with E-state index in [9.17, 15) is 9.59 Å². The number of halogens is 2. The molecule has 0 N–H and O–H groups in total. The van der Waals surface area contributed by atoms with Crippen LogP contribution in [0.25, 0.3) is 17.0 Å². The number of anilines is 1. The summed E-state index contributed by atoms with van der Waals surface area (Å²) in [5.74, 6) is -0.332. The van der Waals surface area contributed by atoms with E-state index in [1.54, 1.807) is 24.3 Å². The largest absolute Gasteiger partial charge is 0.340 e. The van der Waals surface area contributed by atoms with Crippen molar-refractivity contribution >= 4 is 68.8 Å². The summed E-state index contributed by atoms with van der Waals surface area (Å²) >= 11 is 12.9. The SMILES string of the molecule is Cc1c(/C=C2/SC(=O)N(c3ccc(Cl)cc3)C2=O)c2ccccc2n1Cc1ccc(Cl)cc1. The van der Waals surface area contributed by atoms with Gasteiger partial charge in [0.15, 0.2) is 0 Å². The van der Waals surface area contributed by atoms with Gasteiger partial charge >= 0.3 is 0 Å². The number of rotatable bonds is 4. The van der Waals surface area contributed by atoms with Crippen molar-refractivity contribution in [1.82, 2.24) is 4.57 Å². The van der Waals surface area contributed by atoms with Crippen LogP contribution in [0.4, 0.5) is 10.5 Å². The highest BCUT2D eigenvalue weighted by atomic mass is 35.5. The number of fused-ring (bicyclic) bond motifs is 1. The fourth-order valence-corrected chi connectivity index (χ4v) is 5.10. The van der Waals surface area contributed by atoms with E-state index in [1.807, 2.05) is 55.5 Å². The lowest BCUT2D eigenvalue weighted by Crippen LogP contribution is -2.27. The lowest BCUT2D eigenvalue weighted by Gasteiger charge is -2.12. The number of imide groups is 1. The Hall–Kier alpha value is -2.99. The zero-order valence-corrected chi connectivity index (χ0v) is 19.9. The van der Waals surface area contributed by atoms with E-state index < -0.39 is 0 Å². The number of carbonyl (C=O) groups is 2. The van der Waals surface area contributed by atoms with Crippen LogP contribution in [0.15, 0.2) is 77.7 Å². The van der Waals surface area contributed by atoms with Crippen LogP contribution in [-0.4, -0.2) is 15.7 Å². The van der Waals surface area contributed by atoms with Crippen LogP contribution in [0.3, 0.4) is 0 Å². The van der Waals surface area contributed by atoms with E-state index in [4.69, 9.17) is 23.2 Å². The molecular weight excluding hydrogens is 475 g/mol. The van der Waals surface area contributed by atoms with Crippen LogP contribution in [-0.2, 0) is 11.3 Å². The number of hydrogen-bond donors (Lipinski definition) is 0. The number of para-hydroxylation sites is 1. The highest BCUT2D eigenvalue weighted by molar-refractivity contribution is 8.19. The van der Waals surface area contributed by atoms with Crippen LogP contribution in [0.1, 0.15) is 16.8 Å². The fourth-order valence-electron chi connectivity index (χ4n) is 4.03. The maximum absolute atomic E-state index is 13.1. The van der Waals surface area contributed by atoms with Crippen molar-refractivity contribution in [2.75, 3.05) is 4.90 Å². The molecule has 0 saturated carbocycles. The topological polar surface area (TPSA) is 42.3 Å². The zero-order chi connectivity index (χ0) is 23.1. The van der Waals surface area contributed by atoms with Gasteiger partial charge in [0.25, 0.3) is 11.1 Å². The molecule has 1 aliphatic heterocycles. The van der Waals surface area contributed by atoms with Gasteiger partial charge in [-0.25, -0.2) is 4.90 Å². The number of benzene rings is 3. The van der Waals surface area contributed by atoms with Crippen LogP contribution in [0, 0.1) is 6.92 Å². The third-order valence-electron chi connectivity index (χ3n) is 5.69. The molecule has 4 nitrogen and oxygen atoms in total. The summed E-state index contributed by atoms with van der Waals surface area (Å²) in [5, 5.41) is 1.95. The molecule has 5 rings (SSSR count). The number of amides is 2. The first-order chi connectivity index (χ1) is 15.9. The molecule has 1 fully saturated rings. The average molecular weight is 493 g/mol. The van der Waals surface area contributed by atoms with Gasteiger partial charge in [0.2, 0.25) is 0 Å². The highest BCUT2D eigenvalue weighted by Crippen LogP contribution is 2.38. The van der Waals surface area contributed by atoms with Crippen LogP contribution < -0.4 is 4.90 Å². The Bertz CT molecular complexity index is 1420. The molecule has 0 bridgehead atoms. The van der Waals surface area contributed by atoms with Crippen molar-refractivity contribution in [2.24, 2.45) is 0 Å². The Balaban J connectivity index is 1.56. The minimum Gasteiger partial charge on any atom is -0.340 e. The zero-order valence-electron chi connectivity index (χ0n) is 17.6. The van der Waals surface area contributed by atoms with E-state index in [0.717, 1.165) is 39.5 Å². The Morgan fingerprint density at radius 3 is 2.21 bits per heavy atom. The van der Waals surface area contributed by atoms with E-state index in [0.29, 0.717) is 27.2 Å². The van der Waals surface area contributed by atoms with Gasteiger partial charge in [-0.3, -0.25) is 9.59 Å². The number of carbonyl (C=O) groups excluding carboxylic acids is 2. The van der Waals surface area contributed by atoms with Crippen molar-refractivity contribution in [3.63, 3.8) is 0 Å². The van der Waals surface area contributed by atoms with Gasteiger partial charge in [-0.1, -0.05) is 53.5 Å². The summed E-state index contributed by atoms with van der Waals surface area (Å²) in [5.41, 5.74) is 4.64. The molecule has 3 aromatic carbocycles. The molecule has 2 heterocycles. The van der Waals surface area contributed by atoms with Crippen LogP contribution in [0.5, 0.6) is 0 Å². The van der Waals surface area contributed by atoms with Crippen molar-refractivity contribution < 1.29 is 9.59 Å². The van der Waals surface area contributed by atoms with Crippen molar-refractivity contribution in [3.05, 3.63) is 105 Å². The maximum atomic E-state index is 13.1. The number of hydrogen-bond acceptors (Lipinski definition) is 3. The summed E-state index contributed by atoms with van der Waals surface area (Å²) in [6, 6.07) is 22.5. The summed E-state index contributed by atoms with van der Waals surface area (Å²) < 4.78 is 2.22. The molecule has 1 aliphatic rings. The molecule has 1 aromatic heterocycles. The van der Waals surface area contributed by atoms with Gasteiger partial charge in [0, 0.05) is 38.8 Å². The predicted molar refractivity (Wildman–Crippen MR) is 137 cm³/mol. The van der Waals surface area contributed by atoms with Gasteiger partial charge < -0.3 is 4.57 Å². The quantitative estimate of drug-likeness (QED) is 0.276. The third kappa shape index (κ3) is 4.08. The molecule has 0 aliphatic carbocycles. The van der Waals surface area contributed by atoms with Crippen molar-refractivity contribution in [2.45, 2.75) is 13.5 Å². The monoisotopic (exact) mass is 492 g/mol. The van der Waals surface area contributed by atoms with Crippen molar-refractivity contribution in [3.8, 4) is 0 Å². The number of aromatic nitrogens is 1. The summed E-state index contributed by atoms with van der Waals surface area (Å²) in [6.45, 7) is 2.70. The van der Waals surface area contributed by atoms with Gasteiger partial charge in [-0.05, 0) is 72.8 Å². The van der Waals surface area contributed by atoms with Gasteiger partial charge in [-0.2, -0.15) is 0 Å². The van der Waals surface area contributed by atoms with Crippen LogP contribution >= 0.6 is 35.0 Å². The molecule has 0 unspecified atom stereocenters. The second-order valence-corrected chi connectivity index (χ2v) is 9.59. The molecular formula is C26H18Cl2N2O2S. The molecule has 4 aromatic rings. The first-order valence-electron chi connectivity index (χ1n) is 10.3. The first kappa shape index (κ1) is 21.8. The van der Waals surface area contributed by atoms with Gasteiger partial charge in [0.1, 0.15) is 0 Å². The van der Waals surface area contributed by atoms with Gasteiger partial charge in [-0.15, -0.1) is 0 Å². The van der Waals surface area contributed by atoms with Crippen molar-refractivity contribution in [1.29, 1.82) is 0 Å². The fraction of sp³-hybridized carbons (Fsp3) is 0.0769. The third-order valence-corrected chi connectivity index (χ3v) is 7.06. The lowest BCUT2D eigenvalue weighted by molar-refractivity contribution is -0.113. The van der Waals surface area contributed by atoms with E-state index in [2.05, 4.69) is 10.6 Å². The summed E-state index contributed by atoms with van der Waals surface area (Å²) in [4.78, 5) is 27.4. The second-order valence-electron chi connectivity index (χ2n) is 7.72.